The Morgan fingerprint density at radius 3 is 2.64 bits per heavy atom. The summed E-state index contributed by atoms with van der Waals surface area (Å²) in [5, 5.41) is 9.15. The van der Waals surface area contributed by atoms with Crippen molar-refractivity contribution in [1.29, 1.82) is 5.26 Å². The highest BCUT2D eigenvalue weighted by Crippen LogP contribution is 2.09. The van der Waals surface area contributed by atoms with E-state index in [1.807, 2.05) is 13.0 Å². The van der Waals surface area contributed by atoms with Crippen LogP contribution in [0.1, 0.15) is 12.5 Å². The molecule has 0 aliphatic rings. The molecule has 4 heteroatoms. The molecule has 0 unspecified atom stereocenters. The first-order valence-corrected chi connectivity index (χ1v) is 4.20. The SMILES string of the molecule is CCSc1ncc(C#N)cn1. The normalized spacial score (nSPS) is 9.09. The zero-order valence-corrected chi connectivity index (χ0v) is 6.93. The highest BCUT2D eigenvalue weighted by atomic mass is 32.2. The van der Waals surface area contributed by atoms with Crippen molar-refractivity contribution < 1.29 is 0 Å². The Kier molecular flexibility index (Phi) is 2.87. The number of nitrogens with zero attached hydrogens (tertiary/aromatic N) is 3. The van der Waals surface area contributed by atoms with Crippen LogP contribution < -0.4 is 0 Å². The molecule has 0 saturated carbocycles. The van der Waals surface area contributed by atoms with Gasteiger partial charge < -0.3 is 0 Å². The summed E-state index contributed by atoms with van der Waals surface area (Å²) in [5.74, 6) is 0.950. The molecule has 1 heterocycles. The van der Waals surface area contributed by atoms with Crippen molar-refractivity contribution in [3.63, 3.8) is 0 Å². The molecular formula is C7H7N3S. The van der Waals surface area contributed by atoms with Crippen LogP contribution in [0.15, 0.2) is 17.6 Å². The van der Waals surface area contributed by atoms with Gasteiger partial charge in [0.2, 0.25) is 0 Å². The van der Waals surface area contributed by atoms with Crippen molar-refractivity contribution in [3.05, 3.63) is 18.0 Å². The summed E-state index contributed by atoms with van der Waals surface area (Å²) < 4.78 is 0. The molecule has 0 atom stereocenters. The zero-order valence-electron chi connectivity index (χ0n) is 6.11. The molecule has 0 aliphatic heterocycles. The first kappa shape index (κ1) is 8.02. The molecule has 0 aromatic carbocycles. The Bertz CT molecular complexity index is 262. The summed E-state index contributed by atoms with van der Waals surface area (Å²) in [6, 6.07) is 1.96. The molecule has 1 aromatic rings. The topological polar surface area (TPSA) is 49.6 Å². The number of nitriles is 1. The van der Waals surface area contributed by atoms with Gasteiger partial charge in [-0.1, -0.05) is 18.7 Å². The first-order chi connectivity index (χ1) is 5.36. The van der Waals surface area contributed by atoms with Crippen LogP contribution in [0.25, 0.3) is 0 Å². The van der Waals surface area contributed by atoms with Gasteiger partial charge in [0.25, 0.3) is 0 Å². The van der Waals surface area contributed by atoms with Crippen LogP contribution in [-0.2, 0) is 0 Å². The lowest BCUT2D eigenvalue weighted by Gasteiger charge is -1.93. The highest BCUT2D eigenvalue weighted by molar-refractivity contribution is 7.99. The van der Waals surface area contributed by atoms with E-state index in [0.717, 1.165) is 10.9 Å². The summed E-state index contributed by atoms with van der Waals surface area (Å²) in [7, 11) is 0. The second kappa shape index (κ2) is 3.94. The molecule has 0 radical (unpaired) electrons. The summed E-state index contributed by atoms with van der Waals surface area (Å²) >= 11 is 1.56. The van der Waals surface area contributed by atoms with Crippen molar-refractivity contribution >= 4 is 11.8 Å². The van der Waals surface area contributed by atoms with Crippen molar-refractivity contribution in [1.82, 2.24) is 9.97 Å². The van der Waals surface area contributed by atoms with Crippen LogP contribution in [0.2, 0.25) is 0 Å². The molecule has 0 N–H and O–H groups in total. The monoisotopic (exact) mass is 165 g/mol. The lowest BCUT2D eigenvalue weighted by molar-refractivity contribution is 0.960. The van der Waals surface area contributed by atoms with Gasteiger partial charge >= 0.3 is 0 Å². The van der Waals surface area contributed by atoms with Gasteiger partial charge in [-0.15, -0.1) is 0 Å². The molecule has 0 aliphatic carbocycles. The quantitative estimate of drug-likeness (QED) is 0.491. The maximum atomic E-state index is 8.42. The number of aromatic nitrogens is 2. The van der Waals surface area contributed by atoms with E-state index in [0.29, 0.717) is 5.56 Å². The molecule has 0 spiro atoms. The third-order valence-corrected chi connectivity index (χ3v) is 1.79. The fourth-order valence-electron chi connectivity index (χ4n) is 0.578. The Labute approximate surface area is 69.5 Å². The van der Waals surface area contributed by atoms with E-state index < -0.39 is 0 Å². The van der Waals surface area contributed by atoms with E-state index in [-0.39, 0.29) is 0 Å². The third-order valence-electron chi connectivity index (χ3n) is 1.03. The largest absolute Gasteiger partial charge is 0.230 e. The van der Waals surface area contributed by atoms with E-state index >= 15 is 0 Å². The summed E-state index contributed by atoms with van der Waals surface area (Å²) in [6.07, 6.45) is 3.07. The minimum absolute atomic E-state index is 0.505. The summed E-state index contributed by atoms with van der Waals surface area (Å²) in [4.78, 5) is 7.94. The van der Waals surface area contributed by atoms with Gasteiger partial charge in [0.05, 0.1) is 5.56 Å². The predicted molar refractivity (Wildman–Crippen MR) is 43.1 cm³/mol. The molecule has 1 rings (SSSR count). The second-order valence-electron chi connectivity index (χ2n) is 1.80. The van der Waals surface area contributed by atoms with Crippen molar-refractivity contribution in [2.75, 3.05) is 5.75 Å². The molecule has 11 heavy (non-hydrogen) atoms. The van der Waals surface area contributed by atoms with E-state index in [2.05, 4.69) is 9.97 Å². The van der Waals surface area contributed by atoms with Gasteiger partial charge in [0, 0.05) is 12.4 Å². The minimum Gasteiger partial charge on any atom is -0.230 e. The maximum Gasteiger partial charge on any atom is 0.187 e. The van der Waals surface area contributed by atoms with Crippen molar-refractivity contribution in [2.24, 2.45) is 0 Å². The fraction of sp³-hybridized carbons (Fsp3) is 0.286. The molecule has 3 nitrogen and oxygen atoms in total. The zero-order chi connectivity index (χ0) is 8.10. The van der Waals surface area contributed by atoms with Gasteiger partial charge in [0.1, 0.15) is 6.07 Å². The van der Waals surface area contributed by atoms with Crippen LogP contribution in [0.3, 0.4) is 0 Å². The number of thioether (sulfide) groups is 1. The first-order valence-electron chi connectivity index (χ1n) is 3.21. The van der Waals surface area contributed by atoms with Crippen LogP contribution in [0, 0.1) is 11.3 Å². The number of hydrogen-bond donors (Lipinski definition) is 0. The highest BCUT2D eigenvalue weighted by Gasteiger charge is 1.94. The van der Waals surface area contributed by atoms with Crippen molar-refractivity contribution in [2.45, 2.75) is 12.1 Å². The maximum absolute atomic E-state index is 8.42. The predicted octanol–water partition coefficient (Wildman–Crippen LogP) is 1.46. The lowest BCUT2D eigenvalue weighted by atomic mass is 10.4. The fourth-order valence-corrected chi connectivity index (χ4v) is 1.09. The smallest absolute Gasteiger partial charge is 0.187 e. The van der Waals surface area contributed by atoms with Gasteiger partial charge in [0.15, 0.2) is 5.16 Å². The van der Waals surface area contributed by atoms with Gasteiger partial charge in [-0.3, -0.25) is 0 Å². The Morgan fingerprint density at radius 2 is 2.18 bits per heavy atom. The van der Waals surface area contributed by atoms with Crippen LogP contribution in [0.4, 0.5) is 0 Å². The van der Waals surface area contributed by atoms with Crippen LogP contribution in [0.5, 0.6) is 0 Å². The lowest BCUT2D eigenvalue weighted by Crippen LogP contribution is -1.86. The number of rotatable bonds is 2. The molecule has 0 amide bonds. The van der Waals surface area contributed by atoms with Gasteiger partial charge in [-0.25, -0.2) is 9.97 Å². The Morgan fingerprint density at radius 1 is 1.55 bits per heavy atom. The standard InChI is InChI=1S/C7H7N3S/c1-2-11-7-9-4-6(3-8)5-10-7/h4-5H,2H2,1H3. The molecule has 1 aromatic heterocycles. The van der Waals surface area contributed by atoms with E-state index in [1.165, 1.54) is 12.4 Å². The van der Waals surface area contributed by atoms with E-state index in [9.17, 15) is 0 Å². The van der Waals surface area contributed by atoms with Crippen LogP contribution >= 0.6 is 11.8 Å². The second-order valence-corrected chi connectivity index (χ2v) is 3.03. The van der Waals surface area contributed by atoms with Crippen LogP contribution in [-0.4, -0.2) is 15.7 Å². The molecular weight excluding hydrogens is 158 g/mol. The average Bonchev–Trinajstić information content (AvgIpc) is 2.07. The molecule has 0 bridgehead atoms. The molecule has 0 saturated heterocycles. The molecule has 56 valence electrons. The van der Waals surface area contributed by atoms with E-state index in [1.54, 1.807) is 11.8 Å². The Balaban J connectivity index is 2.76. The van der Waals surface area contributed by atoms with Crippen molar-refractivity contribution in [3.8, 4) is 6.07 Å². The molecule has 0 fully saturated rings. The summed E-state index contributed by atoms with van der Waals surface area (Å²) in [6.45, 7) is 2.03. The van der Waals surface area contributed by atoms with Gasteiger partial charge in [-0.2, -0.15) is 5.26 Å². The summed E-state index contributed by atoms with van der Waals surface area (Å²) in [5.41, 5.74) is 0.505. The van der Waals surface area contributed by atoms with Gasteiger partial charge in [-0.05, 0) is 5.75 Å². The van der Waals surface area contributed by atoms with E-state index in [4.69, 9.17) is 5.26 Å². The number of hydrogen-bond acceptors (Lipinski definition) is 4. The third kappa shape index (κ3) is 2.20. The minimum atomic E-state index is 0.505. The Hall–Kier alpha value is -1.08. The average molecular weight is 165 g/mol.